The number of hydrogen-bond donors (Lipinski definition) is 1. The lowest BCUT2D eigenvalue weighted by Crippen LogP contribution is -2.37. The zero-order valence-corrected chi connectivity index (χ0v) is 16.3. The number of likely N-dealkylation sites (tertiary alicyclic amines) is 1. The van der Waals surface area contributed by atoms with E-state index >= 15 is 4.39 Å². The van der Waals surface area contributed by atoms with Gasteiger partial charge in [-0.3, -0.25) is 4.90 Å². The number of hydrogen-bond acceptors (Lipinski definition) is 2. The van der Waals surface area contributed by atoms with E-state index in [1.165, 1.54) is 5.56 Å². The first-order valence-electron chi connectivity index (χ1n) is 10.2. The van der Waals surface area contributed by atoms with Gasteiger partial charge in [-0.1, -0.05) is 49.4 Å². The molecule has 5 atom stereocenters. The highest BCUT2D eigenvalue weighted by molar-refractivity contribution is 5.29. The van der Waals surface area contributed by atoms with Crippen LogP contribution in [0.2, 0.25) is 0 Å². The Hall–Kier alpha value is -1.87. The van der Waals surface area contributed by atoms with Crippen LogP contribution in [0.15, 0.2) is 54.6 Å². The maximum Gasteiger partial charge on any atom is 0.115 e. The van der Waals surface area contributed by atoms with Crippen LogP contribution in [0.4, 0.5) is 4.39 Å². The highest BCUT2D eigenvalue weighted by Gasteiger charge is 2.50. The van der Waals surface area contributed by atoms with Crippen molar-refractivity contribution >= 4 is 0 Å². The first-order valence-corrected chi connectivity index (χ1v) is 10.2. The predicted molar refractivity (Wildman–Crippen MR) is 108 cm³/mol. The molecule has 3 heteroatoms. The summed E-state index contributed by atoms with van der Waals surface area (Å²) in [5.74, 6) is 1.66. The number of benzene rings is 2. The van der Waals surface area contributed by atoms with Crippen molar-refractivity contribution in [3.63, 3.8) is 0 Å². The summed E-state index contributed by atoms with van der Waals surface area (Å²) in [6, 6.07) is 18.1. The molecule has 1 saturated carbocycles. The summed E-state index contributed by atoms with van der Waals surface area (Å²) < 4.78 is 15.5. The number of aromatic hydroxyl groups is 1. The largest absolute Gasteiger partial charge is 0.508 e. The summed E-state index contributed by atoms with van der Waals surface area (Å²) in [6.45, 7) is 6.55. The summed E-state index contributed by atoms with van der Waals surface area (Å²) in [4.78, 5) is 2.55. The van der Waals surface area contributed by atoms with Crippen molar-refractivity contribution in [3.8, 4) is 5.75 Å². The van der Waals surface area contributed by atoms with Crippen LogP contribution in [-0.2, 0) is 6.42 Å². The highest BCUT2D eigenvalue weighted by atomic mass is 19.1. The van der Waals surface area contributed by atoms with Gasteiger partial charge in [0.05, 0.1) is 0 Å². The molecule has 1 aliphatic heterocycles. The summed E-state index contributed by atoms with van der Waals surface area (Å²) in [5, 5.41) is 9.51. The molecule has 1 aliphatic carbocycles. The van der Waals surface area contributed by atoms with Gasteiger partial charge in [0.25, 0.3) is 0 Å². The number of phenols is 1. The van der Waals surface area contributed by atoms with Crippen molar-refractivity contribution in [2.24, 2.45) is 11.8 Å². The van der Waals surface area contributed by atoms with Crippen molar-refractivity contribution in [3.05, 3.63) is 65.7 Å². The molecule has 1 saturated heterocycles. The van der Waals surface area contributed by atoms with Gasteiger partial charge in [-0.2, -0.15) is 0 Å². The zero-order valence-electron chi connectivity index (χ0n) is 16.3. The summed E-state index contributed by atoms with van der Waals surface area (Å²) in [7, 11) is 0. The van der Waals surface area contributed by atoms with E-state index in [-0.39, 0.29) is 0 Å². The van der Waals surface area contributed by atoms with Gasteiger partial charge >= 0.3 is 0 Å². The third-order valence-corrected chi connectivity index (χ3v) is 6.94. The van der Waals surface area contributed by atoms with Crippen LogP contribution in [0, 0.1) is 11.8 Å². The minimum atomic E-state index is -1.03. The standard InChI is InChI=1S/C24H30FNO/c1-17(20-8-10-23(27)11-9-20)18(2)26-15-21-13-24(25,14-22(21)16-26)12-19-6-4-3-5-7-19/h3-11,17-18,21-22,27H,12-16H2,1-2H3/t17?,18?,21-,22+,24+. The van der Waals surface area contributed by atoms with Crippen molar-refractivity contribution in [2.45, 2.75) is 50.7 Å². The lowest BCUT2D eigenvalue weighted by Gasteiger charge is -2.32. The highest BCUT2D eigenvalue weighted by Crippen LogP contribution is 2.48. The van der Waals surface area contributed by atoms with E-state index in [9.17, 15) is 5.11 Å². The van der Waals surface area contributed by atoms with Crippen LogP contribution in [0.1, 0.15) is 43.7 Å². The first kappa shape index (κ1) is 18.5. The first-order chi connectivity index (χ1) is 12.9. The molecule has 1 N–H and O–H groups in total. The maximum absolute atomic E-state index is 15.5. The number of alkyl halides is 1. The van der Waals surface area contributed by atoms with Gasteiger partial charge < -0.3 is 5.11 Å². The Kier molecular flexibility index (Phi) is 4.98. The SMILES string of the molecule is CC(c1ccc(O)cc1)C(C)N1C[C@@H]2C[C@](F)(Cc3ccccc3)C[C@@H]2C1. The van der Waals surface area contributed by atoms with Crippen molar-refractivity contribution in [2.75, 3.05) is 13.1 Å². The number of nitrogens with zero attached hydrogens (tertiary/aromatic N) is 1. The number of halogens is 1. The molecule has 27 heavy (non-hydrogen) atoms. The molecule has 0 radical (unpaired) electrons. The maximum atomic E-state index is 15.5. The molecule has 2 unspecified atom stereocenters. The van der Waals surface area contributed by atoms with E-state index in [4.69, 9.17) is 0 Å². The second kappa shape index (κ2) is 7.27. The van der Waals surface area contributed by atoms with Gasteiger partial charge in [-0.15, -0.1) is 0 Å². The van der Waals surface area contributed by atoms with E-state index < -0.39 is 5.67 Å². The van der Waals surface area contributed by atoms with E-state index in [1.807, 2.05) is 42.5 Å². The average molecular weight is 368 g/mol. The Bertz CT molecular complexity index is 746. The Balaban J connectivity index is 1.37. The Morgan fingerprint density at radius 3 is 2.19 bits per heavy atom. The molecular formula is C24H30FNO. The van der Waals surface area contributed by atoms with Gasteiger partial charge in [0, 0.05) is 25.6 Å². The van der Waals surface area contributed by atoms with Crippen molar-refractivity contribution in [1.29, 1.82) is 0 Å². The van der Waals surface area contributed by atoms with Gasteiger partial charge in [0.2, 0.25) is 0 Å². The van der Waals surface area contributed by atoms with Crippen LogP contribution in [0.5, 0.6) is 5.75 Å². The van der Waals surface area contributed by atoms with E-state index in [1.54, 1.807) is 12.1 Å². The Morgan fingerprint density at radius 2 is 1.59 bits per heavy atom. The fraction of sp³-hybridized carbons (Fsp3) is 0.500. The quantitative estimate of drug-likeness (QED) is 0.787. The Morgan fingerprint density at radius 1 is 1.00 bits per heavy atom. The minimum absolute atomic E-state index is 0.312. The molecule has 0 spiro atoms. The molecule has 2 fully saturated rings. The second-order valence-corrected chi connectivity index (χ2v) is 8.82. The smallest absolute Gasteiger partial charge is 0.115 e. The molecule has 0 amide bonds. The van der Waals surface area contributed by atoms with E-state index in [0.29, 0.717) is 48.8 Å². The molecule has 144 valence electrons. The lowest BCUT2D eigenvalue weighted by atomic mass is 9.91. The molecule has 4 rings (SSSR count). The fourth-order valence-electron chi connectivity index (χ4n) is 5.27. The van der Waals surface area contributed by atoms with Crippen molar-refractivity contribution in [1.82, 2.24) is 4.90 Å². The predicted octanol–water partition coefficient (Wildman–Crippen LogP) is 5.18. The molecule has 0 bridgehead atoms. The summed E-state index contributed by atoms with van der Waals surface area (Å²) >= 11 is 0. The third kappa shape index (κ3) is 3.89. The molecule has 2 aromatic carbocycles. The minimum Gasteiger partial charge on any atom is -0.508 e. The second-order valence-electron chi connectivity index (χ2n) is 8.82. The van der Waals surface area contributed by atoms with Crippen LogP contribution >= 0.6 is 0 Å². The topological polar surface area (TPSA) is 23.5 Å². The molecule has 2 aromatic rings. The number of phenolic OH excluding ortho intramolecular Hbond substituents is 1. The molecule has 1 heterocycles. The van der Waals surface area contributed by atoms with Crippen LogP contribution in [0.3, 0.4) is 0 Å². The number of rotatable bonds is 5. The van der Waals surface area contributed by atoms with E-state index in [2.05, 4.69) is 18.7 Å². The summed E-state index contributed by atoms with van der Waals surface area (Å²) in [6.07, 6.45) is 1.95. The third-order valence-electron chi connectivity index (χ3n) is 6.94. The molecule has 2 aliphatic rings. The van der Waals surface area contributed by atoms with Crippen LogP contribution in [-0.4, -0.2) is 34.8 Å². The van der Waals surface area contributed by atoms with Gasteiger partial charge in [0.1, 0.15) is 11.4 Å². The monoisotopic (exact) mass is 367 g/mol. The lowest BCUT2D eigenvalue weighted by molar-refractivity contribution is 0.135. The van der Waals surface area contributed by atoms with Gasteiger partial charge in [0.15, 0.2) is 0 Å². The van der Waals surface area contributed by atoms with Crippen LogP contribution in [0.25, 0.3) is 0 Å². The van der Waals surface area contributed by atoms with Gasteiger partial charge in [-0.05, 0) is 60.8 Å². The van der Waals surface area contributed by atoms with Crippen molar-refractivity contribution < 1.29 is 9.50 Å². The zero-order chi connectivity index (χ0) is 19.0. The van der Waals surface area contributed by atoms with E-state index in [0.717, 1.165) is 18.7 Å². The fourth-order valence-corrected chi connectivity index (χ4v) is 5.27. The Labute approximate surface area is 162 Å². The summed E-state index contributed by atoms with van der Waals surface area (Å²) in [5.41, 5.74) is 1.33. The molecular weight excluding hydrogens is 337 g/mol. The molecule has 0 aromatic heterocycles. The normalized spacial score (nSPS) is 30.2. The molecule has 2 nitrogen and oxygen atoms in total. The average Bonchev–Trinajstić information content (AvgIpc) is 3.16. The number of fused-ring (bicyclic) bond motifs is 1. The van der Waals surface area contributed by atoms with Gasteiger partial charge in [-0.25, -0.2) is 4.39 Å². The van der Waals surface area contributed by atoms with Crippen LogP contribution < -0.4 is 0 Å².